The molecular formula is C19H19N3O2. The highest BCUT2D eigenvalue weighted by molar-refractivity contribution is 5.94. The zero-order valence-electron chi connectivity index (χ0n) is 13.5. The Kier molecular flexibility index (Phi) is 4.91. The average Bonchev–Trinajstić information content (AvgIpc) is 3.14. The third-order valence-corrected chi connectivity index (χ3v) is 3.73. The van der Waals surface area contributed by atoms with Crippen molar-refractivity contribution in [2.75, 3.05) is 7.11 Å². The van der Waals surface area contributed by atoms with Crippen LogP contribution in [0.4, 0.5) is 0 Å². The first-order valence-corrected chi connectivity index (χ1v) is 7.72. The molecule has 2 aromatic carbocycles. The smallest absolute Gasteiger partial charge is 0.251 e. The summed E-state index contributed by atoms with van der Waals surface area (Å²) < 4.78 is 6.97. The molecule has 0 saturated heterocycles. The molecule has 24 heavy (non-hydrogen) atoms. The van der Waals surface area contributed by atoms with Crippen molar-refractivity contribution in [3.05, 3.63) is 83.7 Å². The summed E-state index contributed by atoms with van der Waals surface area (Å²) in [5, 5.41) is 7.09. The molecular weight excluding hydrogens is 302 g/mol. The van der Waals surface area contributed by atoms with Crippen molar-refractivity contribution >= 4 is 5.91 Å². The van der Waals surface area contributed by atoms with E-state index in [0.717, 1.165) is 16.9 Å². The third-order valence-electron chi connectivity index (χ3n) is 3.73. The molecule has 0 aliphatic carbocycles. The monoisotopic (exact) mass is 321 g/mol. The van der Waals surface area contributed by atoms with Gasteiger partial charge in [0, 0.05) is 24.5 Å². The maximum atomic E-state index is 12.2. The minimum Gasteiger partial charge on any atom is -0.497 e. The molecule has 5 heteroatoms. The van der Waals surface area contributed by atoms with Crippen LogP contribution >= 0.6 is 0 Å². The van der Waals surface area contributed by atoms with E-state index >= 15 is 0 Å². The molecule has 1 N–H and O–H groups in total. The number of carbonyl (C=O) groups excluding carboxylic acids is 1. The van der Waals surface area contributed by atoms with Crippen LogP contribution in [-0.4, -0.2) is 22.8 Å². The lowest BCUT2D eigenvalue weighted by Gasteiger charge is -2.07. The summed E-state index contributed by atoms with van der Waals surface area (Å²) in [5.74, 6) is 0.717. The summed E-state index contributed by atoms with van der Waals surface area (Å²) in [5.41, 5.74) is 2.78. The van der Waals surface area contributed by atoms with E-state index in [4.69, 9.17) is 4.74 Å². The van der Waals surface area contributed by atoms with Gasteiger partial charge < -0.3 is 10.1 Å². The molecule has 1 aromatic heterocycles. The number of hydrogen-bond acceptors (Lipinski definition) is 3. The van der Waals surface area contributed by atoms with E-state index in [-0.39, 0.29) is 5.91 Å². The Morgan fingerprint density at radius 1 is 1.08 bits per heavy atom. The Bertz CT molecular complexity index is 778. The maximum Gasteiger partial charge on any atom is 0.251 e. The van der Waals surface area contributed by atoms with Gasteiger partial charge in [0.05, 0.1) is 13.7 Å². The molecule has 0 aliphatic heterocycles. The normalized spacial score (nSPS) is 10.4. The number of nitrogens with one attached hydrogen (secondary N) is 1. The molecule has 0 fully saturated rings. The van der Waals surface area contributed by atoms with Crippen molar-refractivity contribution in [2.45, 2.75) is 13.1 Å². The van der Waals surface area contributed by atoms with E-state index in [0.29, 0.717) is 18.7 Å². The quantitative estimate of drug-likeness (QED) is 0.759. The van der Waals surface area contributed by atoms with Gasteiger partial charge in [0.15, 0.2) is 0 Å². The molecule has 1 heterocycles. The van der Waals surface area contributed by atoms with Crippen LogP contribution in [0.5, 0.6) is 5.75 Å². The highest BCUT2D eigenvalue weighted by atomic mass is 16.5. The molecule has 1 amide bonds. The number of aromatic nitrogens is 2. The Hall–Kier alpha value is -3.08. The SMILES string of the molecule is COc1ccc(CNC(=O)c2ccc(Cn3cccn3)cc2)cc1. The number of ether oxygens (including phenoxy) is 1. The molecule has 0 saturated carbocycles. The van der Waals surface area contributed by atoms with E-state index in [9.17, 15) is 4.79 Å². The standard InChI is InChI=1S/C19H19N3O2/c1-24-18-9-5-15(6-10-18)13-20-19(23)17-7-3-16(4-8-17)14-22-12-2-11-21-22/h2-12H,13-14H2,1H3,(H,20,23). The number of rotatable bonds is 6. The summed E-state index contributed by atoms with van der Waals surface area (Å²) in [7, 11) is 1.63. The largest absolute Gasteiger partial charge is 0.497 e. The van der Waals surface area contributed by atoms with Gasteiger partial charge in [0.2, 0.25) is 0 Å². The van der Waals surface area contributed by atoms with Crippen LogP contribution in [0.2, 0.25) is 0 Å². The van der Waals surface area contributed by atoms with Crippen LogP contribution < -0.4 is 10.1 Å². The molecule has 3 rings (SSSR count). The lowest BCUT2D eigenvalue weighted by Crippen LogP contribution is -2.22. The summed E-state index contributed by atoms with van der Waals surface area (Å²) in [6.45, 7) is 1.18. The molecule has 5 nitrogen and oxygen atoms in total. The summed E-state index contributed by atoms with van der Waals surface area (Å²) >= 11 is 0. The number of carbonyl (C=O) groups is 1. The van der Waals surface area contributed by atoms with Crippen molar-refractivity contribution in [3.63, 3.8) is 0 Å². The summed E-state index contributed by atoms with van der Waals surface area (Å²) in [6, 6.07) is 17.1. The Morgan fingerprint density at radius 3 is 2.42 bits per heavy atom. The first kappa shape index (κ1) is 15.8. The minimum absolute atomic E-state index is 0.0866. The van der Waals surface area contributed by atoms with Gasteiger partial charge in [0.1, 0.15) is 5.75 Å². The third kappa shape index (κ3) is 4.01. The molecule has 122 valence electrons. The lowest BCUT2D eigenvalue weighted by molar-refractivity contribution is 0.0951. The topological polar surface area (TPSA) is 56.1 Å². The number of hydrogen-bond donors (Lipinski definition) is 1. The Balaban J connectivity index is 1.56. The predicted molar refractivity (Wildman–Crippen MR) is 91.9 cm³/mol. The van der Waals surface area contributed by atoms with Gasteiger partial charge in [-0.15, -0.1) is 0 Å². The first-order chi connectivity index (χ1) is 11.7. The van der Waals surface area contributed by atoms with Crippen LogP contribution in [-0.2, 0) is 13.1 Å². The predicted octanol–water partition coefficient (Wildman–Crippen LogP) is 2.87. The van der Waals surface area contributed by atoms with Gasteiger partial charge in [-0.1, -0.05) is 24.3 Å². The maximum absolute atomic E-state index is 12.2. The number of benzene rings is 2. The number of amides is 1. The highest BCUT2D eigenvalue weighted by Gasteiger charge is 2.05. The molecule has 0 atom stereocenters. The second kappa shape index (κ2) is 7.46. The van der Waals surface area contributed by atoms with E-state index in [2.05, 4.69) is 10.4 Å². The molecule has 3 aromatic rings. The molecule has 0 aliphatic rings. The Morgan fingerprint density at radius 2 is 1.79 bits per heavy atom. The first-order valence-electron chi connectivity index (χ1n) is 7.72. The van der Waals surface area contributed by atoms with Crippen LogP contribution in [0, 0.1) is 0 Å². The van der Waals surface area contributed by atoms with Crippen molar-refractivity contribution in [1.82, 2.24) is 15.1 Å². The fourth-order valence-electron chi connectivity index (χ4n) is 2.37. The molecule has 0 bridgehead atoms. The van der Waals surface area contributed by atoms with E-state index in [1.165, 1.54) is 0 Å². The second-order valence-corrected chi connectivity index (χ2v) is 5.43. The second-order valence-electron chi connectivity index (χ2n) is 5.43. The van der Waals surface area contributed by atoms with Crippen LogP contribution in [0.1, 0.15) is 21.5 Å². The van der Waals surface area contributed by atoms with Crippen molar-refractivity contribution < 1.29 is 9.53 Å². The lowest BCUT2D eigenvalue weighted by atomic mass is 10.1. The zero-order chi connectivity index (χ0) is 16.8. The Labute approximate surface area is 140 Å². The summed E-state index contributed by atoms with van der Waals surface area (Å²) in [4.78, 5) is 12.2. The fourth-order valence-corrected chi connectivity index (χ4v) is 2.37. The average molecular weight is 321 g/mol. The number of methoxy groups -OCH3 is 1. The van der Waals surface area contributed by atoms with Gasteiger partial charge in [-0.25, -0.2) is 0 Å². The van der Waals surface area contributed by atoms with E-state index in [1.54, 1.807) is 13.3 Å². The van der Waals surface area contributed by atoms with Gasteiger partial charge in [0.25, 0.3) is 5.91 Å². The highest BCUT2D eigenvalue weighted by Crippen LogP contribution is 2.11. The fraction of sp³-hybridized carbons (Fsp3) is 0.158. The van der Waals surface area contributed by atoms with Gasteiger partial charge in [-0.2, -0.15) is 5.10 Å². The van der Waals surface area contributed by atoms with Crippen molar-refractivity contribution in [1.29, 1.82) is 0 Å². The molecule has 0 radical (unpaired) electrons. The summed E-state index contributed by atoms with van der Waals surface area (Å²) in [6.07, 6.45) is 3.66. The van der Waals surface area contributed by atoms with Crippen LogP contribution in [0.25, 0.3) is 0 Å². The van der Waals surface area contributed by atoms with Crippen LogP contribution in [0.15, 0.2) is 67.0 Å². The molecule has 0 unspecified atom stereocenters. The van der Waals surface area contributed by atoms with Gasteiger partial charge in [-0.3, -0.25) is 9.48 Å². The van der Waals surface area contributed by atoms with Gasteiger partial charge >= 0.3 is 0 Å². The minimum atomic E-state index is -0.0866. The van der Waals surface area contributed by atoms with Crippen molar-refractivity contribution in [3.8, 4) is 5.75 Å². The van der Waals surface area contributed by atoms with Crippen molar-refractivity contribution in [2.24, 2.45) is 0 Å². The van der Waals surface area contributed by atoms with E-state index in [1.807, 2.05) is 65.5 Å². The van der Waals surface area contributed by atoms with Crippen LogP contribution in [0.3, 0.4) is 0 Å². The zero-order valence-corrected chi connectivity index (χ0v) is 13.5. The van der Waals surface area contributed by atoms with Gasteiger partial charge in [-0.05, 0) is 41.5 Å². The van der Waals surface area contributed by atoms with E-state index < -0.39 is 0 Å². The number of nitrogens with zero attached hydrogens (tertiary/aromatic N) is 2. The molecule has 0 spiro atoms.